The fourth-order valence-electron chi connectivity index (χ4n) is 8.56. The molecule has 0 unspecified atom stereocenters. The molecule has 2 aliphatic heterocycles. The van der Waals surface area contributed by atoms with Crippen molar-refractivity contribution < 1.29 is 44.9 Å². The Morgan fingerprint density at radius 2 is 1.20 bits per heavy atom. The SMILES string of the molecule is COc1ccc2c(c1F)CSc1c(C(F)(F)F)nn(-c3ccc(C)cc3)c1-2.COc1ccc2c(ccc3c(C(F)(F)F)nn(-c4ccc(C)cc4)c32)c1.Cc1ccc(C2=C(c3ccccc3)CCO2)cc1. The van der Waals surface area contributed by atoms with Crippen LogP contribution < -0.4 is 9.47 Å². The summed E-state index contributed by atoms with van der Waals surface area (Å²) >= 11 is 0.938. The third kappa shape index (κ3) is 9.83. The Morgan fingerprint density at radius 3 is 1.80 bits per heavy atom. The van der Waals surface area contributed by atoms with Crippen LogP contribution in [0.4, 0.5) is 30.7 Å². The molecule has 0 aliphatic carbocycles. The second-order valence-corrected chi connectivity index (χ2v) is 17.9. The normalized spacial score (nSPS) is 13.2. The van der Waals surface area contributed by atoms with E-state index in [0.29, 0.717) is 39.2 Å². The van der Waals surface area contributed by atoms with Crippen molar-refractivity contribution in [1.82, 2.24) is 19.6 Å². The van der Waals surface area contributed by atoms with Gasteiger partial charge in [-0.15, -0.1) is 11.8 Å². The first kappa shape index (κ1) is 48.5. The molecular weight excluding hydrogens is 942 g/mol. The Bertz CT molecular complexity index is 3420. The number of methoxy groups -OCH3 is 2. The predicted octanol–water partition coefficient (Wildman–Crippen LogP) is 15.4. The standard InChI is InChI=1S/C20H15F3N2O.C19H14F4N2OS.C17H16O/c1-12-3-6-14(7-4-12)25-18-16-10-8-15(26-2)11-13(16)5-9-17(18)19(24-25)20(21,22)23;1-10-3-5-11(6-4-10)25-16-12-7-8-14(26-2)15(20)13(12)9-27-17(16)18(24-25)19(21,22)23;1-13-7-9-15(10-8-13)17-16(11-12-18-17)14-5-3-2-4-6-14/h3-11H,1-2H3;3-8H,9H2,1-2H3;2-10H,11-12H2,1H3. The largest absolute Gasteiger partial charge is 0.497 e. The number of ether oxygens (including phenoxy) is 3. The second-order valence-electron chi connectivity index (χ2n) is 16.9. The average Bonchev–Trinajstić information content (AvgIpc) is 4.13. The lowest BCUT2D eigenvalue weighted by Gasteiger charge is -2.20. The summed E-state index contributed by atoms with van der Waals surface area (Å²) in [6, 6.07) is 44.7. The van der Waals surface area contributed by atoms with Gasteiger partial charge in [0, 0.05) is 45.2 Å². The zero-order valence-corrected chi connectivity index (χ0v) is 39.9. The van der Waals surface area contributed by atoms with Gasteiger partial charge in [-0.05, 0) is 92.4 Å². The van der Waals surface area contributed by atoms with Crippen molar-refractivity contribution in [2.24, 2.45) is 0 Å². The zero-order valence-electron chi connectivity index (χ0n) is 39.0. The van der Waals surface area contributed by atoms with Crippen molar-refractivity contribution >= 4 is 44.8 Å². The minimum atomic E-state index is -4.60. The van der Waals surface area contributed by atoms with Gasteiger partial charge in [0.1, 0.15) is 11.5 Å². The highest BCUT2D eigenvalue weighted by molar-refractivity contribution is 7.98. The van der Waals surface area contributed by atoms with Crippen LogP contribution >= 0.6 is 11.8 Å². The number of alkyl halides is 6. The van der Waals surface area contributed by atoms with Gasteiger partial charge in [-0.2, -0.15) is 36.5 Å². The van der Waals surface area contributed by atoms with Gasteiger partial charge in [0.15, 0.2) is 23.0 Å². The minimum absolute atomic E-state index is 0.0140. The molecule has 0 saturated heterocycles. The molecule has 2 aromatic heterocycles. The van der Waals surface area contributed by atoms with E-state index in [1.54, 1.807) is 73.8 Å². The number of rotatable bonds is 6. The maximum atomic E-state index is 14.7. The van der Waals surface area contributed by atoms with Crippen molar-refractivity contribution in [3.63, 3.8) is 0 Å². The molecule has 11 rings (SSSR count). The van der Waals surface area contributed by atoms with Crippen LogP contribution in [0.2, 0.25) is 0 Å². The van der Waals surface area contributed by atoms with Gasteiger partial charge in [0.2, 0.25) is 0 Å². The van der Waals surface area contributed by atoms with E-state index < -0.39 is 29.6 Å². The third-order valence-electron chi connectivity index (χ3n) is 12.2. The molecule has 4 heterocycles. The summed E-state index contributed by atoms with van der Waals surface area (Å²) in [7, 11) is 2.91. The zero-order chi connectivity index (χ0) is 50.2. The van der Waals surface area contributed by atoms with E-state index in [1.807, 2.05) is 32.0 Å². The van der Waals surface area contributed by atoms with E-state index >= 15 is 0 Å². The summed E-state index contributed by atoms with van der Waals surface area (Å²) in [5.41, 5.74) is 7.66. The van der Waals surface area contributed by atoms with Crippen LogP contribution in [0.1, 0.15) is 51.2 Å². The summed E-state index contributed by atoms with van der Waals surface area (Å²) in [5, 5.41) is 9.32. The van der Waals surface area contributed by atoms with E-state index in [-0.39, 0.29) is 27.5 Å². The van der Waals surface area contributed by atoms with Crippen molar-refractivity contribution in [2.45, 2.75) is 50.2 Å². The summed E-state index contributed by atoms with van der Waals surface area (Å²) in [5.74, 6) is 1.28. The molecule has 0 amide bonds. The summed E-state index contributed by atoms with van der Waals surface area (Å²) in [4.78, 5) is 0.0140. The van der Waals surface area contributed by atoms with Crippen LogP contribution in [0.3, 0.4) is 0 Å². The molecule has 71 heavy (non-hydrogen) atoms. The molecule has 0 atom stereocenters. The number of fused-ring (bicyclic) bond motifs is 6. The lowest BCUT2D eigenvalue weighted by Crippen LogP contribution is -2.08. The predicted molar refractivity (Wildman–Crippen MR) is 265 cm³/mol. The number of benzene rings is 7. The Labute approximate surface area is 409 Å². The maximum absolute atomic E-state index is 14.7. The third-order valence-corrected chi connectivity index (χ3v) is 13.3. The molecular formula is C56H45F7N4O3S. The van der Waals surface area contributed by atoms with Crippen LogP contribution in [0, 0.1) is 26.6 Å². The number of hydrogen-bond acceptors (Lipinski definition) is 6. The fourth-order valence-corrected chi connectivity index (χ4v) is 9.75. The Hall–Kier alpha value is -7.52. The van der Waals surface area contributed by atoms with Crippen molar-refractivity contribution in [1.29, 1.82) is 0 Å². The number of thioether (sulfide) groups is 1. The number of aromatic nitrogens is 4. The maximum Gasteiger partial charge on any atom is 0.436 e. The molecule has 0 bridgehead atoms. The van der Waals surface area contributed by atoms with Gasteiger partial charge in [-0.3, -0.25) is 0 Å². The van der Waals surface area contributed by atoms with E-state index in [1.165, 1.54) is 50.9 Å². The lowest BCUT2D eigenvalue weighted by atomic mass is 10.00. The molecule has 15 heteroatoms. The van der Waals surface area contributed by atoms with Crippen LogP contribution in [0.5, 0.6) is 11.5 Å². The highest BCUT2D eigenvalue weighted by atomic mass is 32.2. The van der Waals surface area contributed by atoms with Crippen molar-refractivity contribution in [3.05, 3.63) is 196 Å². The lowest BCUT2D eigenvalue weighted by molar-refractivity contribution is -0.143. The minimum Gasteiger partial charge on any atom is -0.497 e. The summed E-state index contributed by atoms with van der Waals surface area (Å²) in [6.07, 6.45) is -8.14. The van der Waals surface area contributed by atoms with Crippen LogP contribution in [0.25, 0.3) is 55.6 Å². The molecule has 362 valence electrons. The topological polar surface area (TPSA) is 63.3 Å². The van der Waals surface area contributed by atoms with Gasteiger partial charge in [0.25, 0.3) is 0 Å². The Balaban J connectivity index is 0.000000135. The molecule has 7 aromatic carbocycles. The molecule has 0 saturated carbocycles. The van der Waals surface area contributed by atoms with Gasteiger partial charge in [0.05, 0.1) is 48.3 Å². The summed E-state index contributed by atoms with van der Waals surface area (Å²) in [6.45, 7) is 6.70. The van der Waals surface area contributed by atoms with Gasteiger partial charge < -0.3 is 14.2 Å². The number of aryl methyl sites for hydroxylation is 3. The molecule has 2 aliphatic rings. The first-order valence-electron chi connectivity index (χ1n) is 22.4. The van der Waals surface area contributed by atoms with Crippen molar-refractivity contribution in [3.8, 4) is 34.1 Å². The molecule has 0 fully saturated rings. The average molecular weight is 987 g/mol. The van der Waals surface area contributed by atoms with Gasteiger partial charge >= 0.3 is 12.4 Å². The van der Waals surface area contributed by atoms with Crippen LogP contribution in [-0.2, 0) is 22.8 Å². The highest BCUT2D eigenvalue weighted by Crippen LogP contribution is 2.50. The van der Waals surface area contributed by atoms with Crippen LogP contribution in [-0.4, -0.2) is 40.4 Å². The molecule has 0 spiro atoms. The van der Waals surface area contributed by atoms with E-state index in [0.717, 1.165) is 47.1 Å². The molecule has 0 N–H and O–H groups in total. The number of halogens is 7. The summed E-state index contributed by atoms with van der Waals surface area (Å²) < 4.78 is 115. The van der Waals surface area contributed by atoms with Crippen molar-refractivity contribution in [2.75, 3.05) is 20.8 Å². The first-order valence-corrected chi connectivity index (χ1v) is 23.4. The van der Waals surface area contributed by atoms with Crippen LogP contribution in [0.15, 0.2) is 150 Å². The fraction of sp³-hybridized carbons (Fsp3) is 0.179. The van der Waals surface area contributed by atoms with E-state index in [4.69, 9.17) is 14.2 Å². The second kappa shape index (κ2) is 19.7. The monoisotopic (exact) mass is 986 g/mol. The van der Waals surface area contributed by atoms with Gasteiger partial charge in [-0.1, -0.05) is 102 Å². The van der Waals surface area contributed by atoms with E-state index in [9.17, 15) is 30.7 Å². The number of nitrogens with zero attached hydrogens (tertiary/aromatic N) is 4. The van der Waals surface area contributed by atoms with E-state index in [2.05, 4.69) is 65.7 Å². The Kier molecular flexibility index (Phi) is 13.5. The molecule has 0 radical (unpaired) electrons. The quantitative estimate of drug-likeness (QED) is 0.155. The molecule has 9 aromatic rings. The Morgan fingerprint density at radius 1 is 0.606 bits per heavy atom. The highest BCUT2D eigenvalue weighted by Gasteiger charge is 2.42. The first-order chi connectivity index (χ1) is 34.0. The molecule has 7 nitrogen and oxygen atoms in total. The van der Waals surface area contributed by atoms with Gasteiger partial charge in [-0.25, -0.2) is 13.8 Å². The number of hydrogen-bond donors (Lipinski definition) is 0. The smallest absolute Gasteiger partial charge is 0.436 e.